The molecule has 0 aliphatic rings. The largest absolute Gasteiger partial charge is 0.478 e. The summed E-state index contributed by atoms with van der Waals surface area (Å²) >= 11 is 17.4. The molecule has 0 aliphatic carbocycles. The van der Waals surface area contributed by atoms with Crippen LogP contribution in [0.5, 0.6) is 0 Å². The quantitative estimate of drug-likeness (QED) is 0.308. The molecule has 0 radical (unpaired) electrons. The molecule has 2 aromatic carbocycles. The van der Waals surface area contributed by atoms with Crippen molar-refractivity contribution in [3.63, 3.8) is 0 Å². The van der Waals surface area contributed by atoms with Crippen molar-refractivity contribution in [3.8, 4) is 0 Å². The number of carboxylic acid groups (broad SMARTS) is 1. The summed E-state index contributed by atoms with van der Waals surface area (Å²) in [5, 5.41) is 7.97. The Bertz CT molecular complexity index is 1430. The maximum Gasteiger partial charge on any atom is 0.417 e. The van der Waals surface area contributed by atoms with Gasteiger partial charge >= 0.3 is 12.1 Å². The summed E-state index contributed by atoms with van der Waals surface area (Å²) in [5.41, 5.74) is -3.07. The van der Waals surface area contributed by atoms with E-state index in [2.05, 4.69) is 4.98 Å². The number of anilines is 1. The first-order valence-electron chi connectivity index (χ1n) is 9.84. The minimum atomic E-state index is -4.92. The minimum Gasteiger partial charge on any atom is -0.478 e. The standard InChI is InChI=1S/C20H10Cl3F3N2O5S.C2H6/c21-9-6-15(28-34(32,33)10-4-5-14(22)13(7-10)20(24,25)26)17(27-8-9)18(29)11-2-1-3-12(16(11)23)19(30)31;1-2/h1-8,28H,(H,30,31);1-2H3. The number of aromatic nitrogens is 1. The van der Waals surface area contributed by atoms with Crippen LogP contribution in [0, 0.1) is 0 Å². The number of carbonyl (C=O) groups is 2. The van der Waals surface area contributed by atoms with E-state index in [4.69, 9.17) is 34.8 Å². The highest BCUT2D eigenvalue weighted by Gasteiger charge is 2.35. The number of nitrogens with zero attached hydrogens (tertiary/aromatic N) is 1. The Labute approximate surface area is 218 Å². The maximum absolute atomic E-state index is 13.2. The normalized spacial score (nSPS) is 11.3. The lowest BCUT2D eigenvalue weighted by Gasteiger charge is -2.14. The van der Waals surface area contributed by atoms with Gasteiger partial charge in [-0.05, 0) is 36.4 Å². The number of rotatable bonds is 6. The molecule has 0 atom stereocenters. The number of hydrogen-bond acceptors (Lipinski definition) is 5. The van der Waals surface area contributed by atoms with Gasteiger partial charge in [0.2, 0.25) is 5.78 Å². The van der Waals surface area contributed by atoms with Crippen molar-refractivity contribution in [2.24, 2.45) is 0 Å². The molecule has 7 nitrogen and oxygen atoms in total. The molecule has 0 unspecified atom stereocenters. The van der Waals surface area contributed by atoms with E-state index in [1.165, 1.54) is 12.1 Å². The summed E-state index contributed by atoms with van der Waals surface area (Å²) in [6.07, 6.45) is -3.90. The SMILES string of the molecule is CC.O=C(O)c1cccc(C(=O)c2ncc(Cl)cc2NS(=O)(=O)c2ccc(Cl)c(C(F)(F)F)c2)c1Cl. The minimum absolute atomic E-state index is 0.105. The van der Waals surface area contributed by atoms with E-state index in [1.54, 1.807) is 0 Å². The number of sulfonamides is 1. The molecule has 0 bridgehead atoms. The van der Waals surface area contributed by atoms with Crippen LogP contribution in [0.25, 0.3) is 0 Å². The zero-order valence-corrected chi connectivity index (χ0v) is 21.4. The number of ketones is 1. The Balaban J connectivity index is 0.00000222. The molecular weight excluding hydrogens is 568 g/mol. The number of hydrogen-bond donors (Lipinski definition) is 2. The van der Waals surface area contributed by atoms with Gasteiger partial charge in [-0.25, -0.2) is 18.2 Å². The van der Waals surface area contributed by atoms with Gasteiger partial charge in [0, 0.05) is 11.8 Å². The van der Waals surface area contributed by atoms with Gasteiger partial charge in [0.1, 0.15) is 5.69 Å². The number of benzene rings is 2. The van der Waals surface area contributed by atoms with Gasteiger partial charge in [0.15, 0.2) is 0 Å². The van der Waals surface area contributed by atoms with Crippen molar-refractivity contribution in [2.45, 2.75) is 24.9 Å². The van der Waals surface area contributed by atoms with Gasteiger partial charge in [-0.15, -0.1) is 0 Å². The first-order valence-corrected chi connectivity index (χ1v) is 12.5. The first kappa shape index (κ1) is 29.4. The zero-order valence-electron chi connectivity index (χ0n) is 18.3. The number of halogens is 6. The van der Waals surface area contributed by atoms with Gasteiger partial charge in [-0.2, -0.15) is 13.2 Å². The van der Waals surface area contributed by atoms with Gasteiger partial charge in [-0.1, -0.05) is 54.7 Å². The molecule has 0 spiro atoms. The summed E-state index contributed by atoms with van der Waals surface area (Å²) in [6.45, 7) is 4.00. The lowest BCUT2D eigenvalue weighted by molar-refractivity contribution is -0.137. The predicted molar refractivity (Wildman–Crippen MR) is 130 cm³/mol. The molecule has 0 saturated carbocycles. The van der Waals surface area contributed by atoms with E-state index in [0.717, 1.165) is 30.5 Å². The zero-order chi connectivity index (χ0) is 27.4. The highest BCUT2D eigenvalue weighted by Crippen LogP contribution is 2.36. The van der Waals surface area contributed by atoms with Crippen LogP contribution in [0.2, 0.25) is 15.1 Å². The third kappa shape index (κ3) is 6.47. The van der Waals surface area contributed by atoms with Crippen molar-refractivity contribution in [1.29, 1.82) is 0 Å². The molecule has 192 valence electrons. The van der Waals surface area contributed by atoms with E-state index in [1.807, 2.05) is 18.6 Å². The average Bonchev–Trinajstić information content (AvgIpc) is 2.79. The number of carboxylic acids is 1. The monoisotopic (exact) mass is 582 g/mol. The third-order valence-electron chi connectivity index (χ3n) is 4.34. The van der Waals surface area contributed by atoms with Crippen LogP contribution >= 0.6 is 34.8 Å². The second kappa shape index (κ2) is 11.5. The highest BCUT2D eigenvalue weighted by atomic mass is 35.5. The summed E-state index contributed by atoms with van der Waals surface area (Å²) < 4.78 is 67.1. The molecule has 14 heteroatoms. The fourth-order valence-electron chi connectivity index (χ4n) is 2.79. The number of pyridine rings is 1. The molecular formula is C22H16Cl3F3N2O5S. The van der Waals surface area contributed by atoms with Crippen LogP contribution in [0.15, 0.2) is 53.6 Å². The average molecular weight is 584 g/mol. The summed E-state index contributed by atoms with van der Waals surface area (Å²) in [7, 11) is -4.69. The van der Waals surface area contributed by atoms with Crippen LogP contribution in [0.1, 0.15) is 45.8 Å². The van der Waals surface area contributed by atoms with Crippen molar-refractivity contribution < 1.29 is 36.3 Å². The van der Waals surface area contributed by atoms with Crippen LogP contribution in [-0.2, 0) is 16.2 Å². The molecule has 0 saturated heterocycles. The van der Waals surface area contributed by atoms with E-state index < -0.39 is 59.8 Å². The molecule has 1 heterocycles. The van der Waals surface area contributed by atoms with Crippen molar-refractivity contribution in [1.82, 2.24) is 4.98 Å². The van der Waals surface area contributed by atoms with E-state index in [9.17, 15) is 36.3 Å². The molecule has 2 N–H and O–H groups in total. The van der Waals surface area contributed by atoms with Crippen LogP contribution in [0.3, 0.4) is 0 Å². The summed E-state index contributed by atoms with van der Waals surface area (Å²) in [5.74, 6) is -2.37. The fraction of sp³-hybridized carbons (Fsp3) is 0.136. The Kier molecular flexibility index (Phi) is 9.35. The van der Waals surface area contributed by atoms with Gasteiger partial charge in [0.05, 0.1) is 36.8 Å². The molecule has 0 aliphatic heterocycles. The van der Waals surface area contributed by atoms with Crippen LogP contribution < -0.4 is 4.72 Å². The molecule has 1 aromatic heterocycles. The Hall–Kier alpha value is -2.86. The first-order chi connectivity index (χ1) is 16.7. The van der Waals surface area contributed by atoms with E-state index in [-0.39, 0.29) is 16.1 Å². The molecule has 36 heavy (non-hydrogen) atoms. The van der Waals surface area contributed by atoms with Crippen LogP contribution in [0.4, 0.5) is 18.9 Å². The molecule has 0 fully saturated rings. The van der Waals surface area contributed by atoms with Crippen molar-refractivity contribution in [3.05, 3.63) is 86.1 Å². The smallest absolute Gasteiger partial charge is 0.417 e. The van der Waals surface area contributed by atoms with Gasteiger partial charge < -0.3 is 5.11 Å². The van der Waals surface area contributed by atoms with Crippen molar-refractivity contribution >= 4 is 62.3 Å². The predicted octanol–water partition coefficient (Wildman–Crippen LogP) is 6.82. The van der Waals surface area contributed by atoms with Gasteiger partial charge in [0.25, 0.3) is 10.0 Å². The molecule has 0 amide bonds. The Morgan fingerprint density at radius 1 is 1.00 bits per heavy atom. The van der Waals surface area contributed by atoms with Gasteiger partial charge in [-0.3, -0.25) is 9.52 Å². The second-order valence-corrected chi connectivity index (χ2v) is 9.50. The lowest BCUT2D eigenvalue weighted by Crippen LogP contribution is -2.18. The summed E-state index contributed by atoms with van der Waals surface area (Å²) in [6, 6.07) is 6.53. The number of alkyl halides is 3. The topological polar surface area (TPSA) is 113 Å². The highest BCUT2D eigenvalue weighted by molar-refractivity contribution is 7.92. The summed E-state index contributed by atoms with van der Waals surface area (Å²) in [4.78, 5) is 27.3. The third-order valence-corrected chi connectivity index (χ3v) is 6.65. The molecule has 3 rings (SSSR count). The van der Waals surface area contributed by atoms with E-state index >= 15 is 0 Å². The fourth-order valence-corrected chi connectivity index (χ4v) is 4.55. The van der Waals surface area contributed by atoms with E-state index in [0.29, 0.717) is 6.07 Å². The van der Waals surface area contributed by atoms with Crippen LogP contribution in [-0.4, -0.2) is 30.3 Å². The number of nitrogens with one attached hydrogen (secondary N) is 1. The number of aromatic carboxylic acids is 1. The maximum atomic E-state index is 13.2. The Morgan fingerprint density at radius 3 is 2.19 bits per heavy atom. The Morgan fingerprint density at radius 2 is 1.61 bits per heavy atom. The second-order valence-electron chi connectivity index (χ2n) is 6.60. The van der Waals surface area contributed by atoms with Crippen molar-refractivity contribution in [2.75, 3.05) is 4.72 Å². The number of carbonyl (C=O) groups excluding carboxylic acids is 1. The molecule has 3 aromatic rings. The lowest BCUT2D eigenvalue weighted by atomic mass is 10.0.